The molecule has 1 saturated heterocycles. The molecule has 1 amide bonds. The van der Waals surface area contributed by atoms with Crippen molar-refractivity contribution in [2.45, 2.75) is 32.3 Å². The van der Waals surface area contributed by atoms with E-state index in [1.807, 2.05) is 55.6 Å². The molecule has 4 N–H and O–H groups in total. The van der Waals surface area contributed by atoms with Crippen LogP contribution in [0.3, 0.4) is 0 Å². The number of carbonyl (C=O) groups excluding carboxylic acids is 1. The fraction of sp³-hybridized carbons (Fsp3) is 0.321. The predicted molar refractivity (Wildman–Crippen MR) is 149 cm³/mol. The van der Waals surface area contributed by atoms with E-state index in [1.54, 1.807) is 15.8 Å². The van der Waals surface area contributed by atoms with E-state index in [2.05, 4.69) is 32.6 Å². The maximum atomic E-state index is 12.2. The van der Waals surface area contributed by atoms with Crippen molar-refractivity contribution in [3.8, 4) is 22.4 Å². The average molecular weight is 567 g/mol. The van der Waals surface area contributed by atoms with Crippen LogP contribution in [-0.2, 0) is 4.79 Å². The maximum absolute atomic E-state index is 12.2. The van der Waals surface area contributed by atoms with Gasteiger partial charge in [0.15, 0.2) is 6.10 Å². The molecule has 3 heterocycles. The van der Waals surface area contributed by atoms with Crippen LogP contribution in [0.4, 0.5) is 5.82 Å². The predicted octanol–water partition coefficient (Wildman–Crippen LogP) is 4.32. The van der Waals surface area contributed by atoms with Crippen molar-refractivity contribution >= 4 is 33.4 Å². The lowest BCUT2D eigenvalue weighted by Gasteiger charge is -2.34. The van der Waals surface area contributed by atoms with Gasteiger partial charge >= 0.3 is 0 Å². The molecule has 8 nitrogen and oxygen atoms in total. The Morgan fingerprint density at radius 2 is 1.86 bits per heavy atom. The van der Waals surface area contributed by atoms with Crippen molar-refractivity contribution in [2.24, 2.45) is 5.92 Å². The number of benzene rings is 1. The van der Waals surface area contributed by atoms with Crippen LogP contribution in [0.1, 0.15) is 26.2 Å². The van der Waals surface area contributed by atoms with Crippen molar-refractivity contribution in [1.29, 1.82) is 0 Å². The first-order valence-electron chi connectivity index (χ1n) is 12.4. The molecular weight excluding hydrogens is 534 g/mol. The molecule has 0 spiro atoms. The highest BCUT2D eigenvalue weighted by Crippen LogP contribution is 2.37. The second-order valence-electron chi connectivity index (χ2n) is 9.09. The molecule has 0 aliphatic carbocycles. The van der Waals surface area contributed by atoms with Gasteiger partial charge in [-0.3, -0.25) is 9.78 Å². The molecule has 4 rings (SSSR count). The van der Waals surface area contributed by atoms with Gasteiger partial charge in [0.25, 0.3) is 5.91 Å². The summed E-state index contributed by atoms with van der Waals surface area (Å²) in [7, 11) is 0. The minimum absolute atomic E-state index is 0.164. The van der Waals surface area contributed by atoms with Crippen LogP contribution in [0.5, 0.6) is 0 Å². The number of carbonyl (C=O) groups is 1. The number of hydrogen-bond donors (Lipinski definition) is 3. The molecule has 1 aliphatic rings. The molecule has 9 heteroatoms. The minimum Gasteiger partial charge on any atom is -0.393 e. The zero-order valence-electron chi connectivity index (χ0n) is 20.8. The highest BCUT2D eigenvalue weighted by Gasteiger charge is 2.29. The number of aromatic nitrogens is 3. The average Bonchev–Trinajstić information content (AvgIpc) is 3.33. The molecule has 37 heavy (non-hydrogen) atoms. The van der Waals surface area contributed by atoms with Gasteiger partial charge in [-0.05, 0) is 52.7 Å². The van der Waals surface area contributed by atoms with Gasteiger partial charge in [-0.2, -0.15) is 5.10 Å². The Kier molecular flexibility index (Phi) is 8.58. The summed E-state index contributed by atoms with van der Waals surface area (Å²) in [5.74, 6) is 0.255. The summed E-state index contributed by atoms with van der Waals surface area (Å²) >= 11 is 3.75. The Bertz CT molecular complexity index is 1280. The molecule has 194 valence electrons. The van der Waals surface area contributed by atoms with Crippen LogP contribution in [0, 0.1) is 5.92 Å². The quantitative estimate of drug-likeness (QED) is 0.350. The van der Waals surface area contributed by atoms with E-state index in [-0.39, 0.29) is 5.92 Å². The number of aliphatic hydroxyl groups excluding tert-OH is 2. The van der Waals surface area contributed by atoms with Crippen molar-refractivity contribution in [1.82, 2.24) is 19.7 Å². The van der Waals surface area contributed by atoms with E-state index >= 15 is 0 Å². The molecule has 2 aromatic heterocycles. The second kappa shape index (κ2) is 11.9. The van der Waals surface area contributed by atoms with Crippen LogP contribution < -0.4 is 5.73 Å². The SMILES string of the molecule is C=C(C(Br)=C(CC)n1ncc(-c2ccc(-c3ccccc3)nc2)c1N)C1CCN(C(=O)C(O)CO)CC1. The monoisotopic (exact) mass is 565 g/mol. The number of hydrogen-bond acceptors (Lipinski definition) is 6. The smallest absolute Gasteiger partial charge is 0.253 e. The van der Waals surface area contributed by atoms with E-state index < -0.39 is 18.6 Å². The summed E-state index contributed by atoms with van der Waals surface area (Å²) in [6.45, 7) is 6.81. The van der Waals surface area contributed by atoms with E-state index in [1.165, 1.54) is 0 Å². The molecule has 1 aromatic carbocycles. The Morgan fingerprint density at radius 3 is 2.46 bits per heavy atom. The Balaban J connectivity index is 1.51. The highest BCUT2D eigenvalue weighted by atomic mass is 79.9. The van der Waals surface area contributed by atoms with Gasteiger partial charge in [-0.25, -0.2) is 4.68 Å². The van der Waals surface area contributed by atoms with Gasteiger partial charge in [0, 0.05) is 40.5 Å². The number of pyridine rings is 1. The van der Waals surface area contributed by atoms with Crippen LogP contribution in [0.2, 0.25) is 0 Å². The number of nitrogen functional groups attached to an aromatic ring is 1. The lowest BCUT2D eigenvalue weighted by molar-refractivity contribution is -0.143. The molecule has 3 aromatic rings. The van der Waals surface area contributed by atoms with Gasteiger partial charge in [-0.15, -0.1) is 0 Å². The third-order valence-electron chi connectivity index (χ3n) is 6.83. The van der Waals surface area contributed by atoms with E-state index in [4.69, 9.17) is 10.8 Å². The van der Waals surface area contributed by atoms with Crippen LogP contribution in [-0.4, -0.2) is 61.6 Å². The fourth-order valence-electron chi connectivity index (χ4n) is 4.63. The summed E-state index contributed by atoms with van der Waals surface area (Å²) in [6, 6.07) is 14.0. The van der Waals surface area contributed by atoms with Crippen LogP contribution in [0.25, 0.3) is 28.1 Å². The van der Waals surface area contributed by atoms with Crippen molar-refractivity contribution in [3.05, 3.63) is 71.5 Å². The molecule has 1 fully saturated rings. The summed E-state index contributed by atoms with van der Waals surface area (Å²) in [4.78, 5) is 18.4. The van der Waals surface area contributed by atoms with E-state index in [0.29, 0.717) is 38.2 Å². The van der Waals surface area contributed by atoms with Gasteiger partial charge in [0.1, 0.15) is 5.82 Å². The number of nitrogens with two attached hydrogens (primary N) is 1. The summed E-state index contributed by atoms with van der Waals surface area (Å²) in [6.07, 6.45) is 4.31. The topological polar surface area (TPSA) is 118 Å². The van der Waals surface area contributed by atoms with Gasteiger partial charge in [-0.1, -0.05) is 49.9 Å². The van der Waals surface area contributed by atoms with Crippen molar-refractivity contribution < 1.29 is 15.0 Å². The summed E-state index contributed by atoms with van der Waals surface area (Å²) in [5.41, 5.74) is 12.0. The Hall–Kier alpha value is -3.27. The Labute approximate surface area is 225 Å². The first kappa shape index (κ1) is 26.8. The number of halogens is 1. The van der Waals surface area contributed by atoms with Crippen molar-refractivity contribution in [3.63, 3.8) is 0 Å². The minimum atomic E-state index is -1.36. The van der Waals surface area contributed by atoms with Crippen LogP contribution in [0.15, 0.2) is 71.5 Å². The summed E-state index contributed by atoms with van der Waals surface area (Å²) in [5, 5.41) is 23.3. The number of likely N-dealkylation sites (tertiary alicyclic amines) is 1. The third kappa shape index (κ3) is 5.69. The lowest BCUT2D eigenvalue weighted by atomic mass is 9.89. The number of anilines is 1. The van der Waals surface area contributed by atoms with Crippen LogP contribution >= 0.6 is 15.9 Å². The lowest BCUT2D eigenvalue weighted by Crippen LogP contribution is -2.45. The van der Waals surface area contributed by atoms with E-state index in [0.717, 1.165) is 38.1 Å². The zero-order valence-corrected chi connectivity index (χ0v) is 22.4. The second-order valence-corrected chi connectivity index (χ2v) is 9.88. The molecule has 1 unspecified atom stereocenters. The van der Waals surface area contributed by atoms with E-state index in [9.17, 15) is 9.90 Å². The zero-order chi connectivity index (χ0) is 26.5. The third-order valence-corrected chi connectivity index (χ3v) is 7.80. The summed E-state index contributed by atoms with van der Waals surface area (Å²) < 4.78 is 2.60. The first-order chi connectivity index (χ1) is 17.8. The maximum Gasteiger partial charge on any atom is 0.253 e. The number of amides is 1. The highest BCUT2D eigenvalue weighted by molar-refractivity contribution is 9.12. The number of allylic oxidation sites excluding steroid dienone is 3. The fourth-order valence-corrected chi connectivity index (χ4v) is 5.40. The molecule has 0 saturated carbocycles. The standard InChI is InChI=1S/C28H32BrN5O3/c1-3-24(26(29)18(2)19-11-13-33(14-12-19)28(37)25(36)17-35)34-27(30)22(16-32-34)21-9-10-23(31-15-21)20-7-5-4-6-8-20/h4-10,15-16,19,25,35-36H,2-3,11-14,17,30H2,1H3. The molecular formula is C28H32BrN5O3. The normalized spacial score (nSPS) is 15.8. The van der Waals surface area contributed by atoms with Gasteiger partial charge in [0.05, 0.1) is 24.2 Å². The number of nitrogens with zero attached hydrogens (tertiary/aromatic N) is 4. The number of rotatable bonds is 8. The first-order valence-corrected chi connectivity index (χ1v) is 13.2. The number of aliphatic hydroxyl groups is 2. The Morgan fingerprint density at radius 1 is 1.16 bits per heavy atom. The molecule has 1 aliphatic heterocycles. The van der Waals surface area contributed by atoms with Crippen molar-refractivity contribution in [2.75, 3.05) is 25.4 Å². The largest absolute Gasteiger partial charge is 0.393 e. The molecule has 1 atom stereocenters. The van der Waals surface area contributed by atoms with Gasteiger partial charge in [0.2, 0.25) is 0 Å². The molecule has 0 radical (unpaired) electrons. The molecule has 0 bridgehead atoms. The number of piperidine rings is 1. The van der Waals surface area contributed by atoms with Gasteiger partial charge < -0.3 is 20.8 Å².